The van der Waals surface area contributed by atoms with Crippen molar-refractivity contribution < 1.29 is 13.9 Å². The van der Waals surface area contributed by atoms with Gasteiger partial charge in [0.25, 0.3) is 0 Å². The topological polar surface area (TPSA) is 81.1 Å². The Hall–Kier alpha value is -2.48. The average molecular weight is 319 g/mol. The summed E-state index contributed by atoms with van der Waals surface area (Å²) in [5, 5.41) is 9.78. The third-order valence-electron chi connectivity index (χ3n) is 3.76. The predicted octanol–water partition coefficient (Wildman–Crippen LogP) is 1.70. The molecule has 0 aliphatic carbocycles. The molecular weight excluding hydrogens is 301 g/mol. The number of rotatable bonds is 4. The van der Waals surface area contributed by atoms with Gasteiger partial charge in [0.05, 0.1) is 19.2 Å². The summed E-state index contributed by atoms with van der Waals surface area (Å²) >= 11 is 0. The molecule has 7 nitrogen and oxygen atoms in total. The first-order valence-corrected chi connectivity index (χ1v) is 7.37. The van der Waals surface area contributed by atoms with Gasteiger partial charge in [-0.15, -0.1) is 0 Å². The fraction of sp³-hybridized carbons (Fsp3) is 0.400. The molecule has 2 amide bonds. The van der Waals surface area contributed by atoms with Gasteiger partial charge in [0.2, 0.25) is 0 Å². The first kappa shape index (κ1) is 15.4. The number of nitrogens with one attached hydrogen (secondary N) is 2. The average Bonchev–Trinajstić information content (AvgIpc) is 2.98. The normalized spacial score (nSPS) is 16.7. The number of hydrogen-bond donors (Lipinski definition) is 2. The number of fused-ring (bicyclic) bond motifs is 1. The van der Waals surface area contributed by atoms with Crippen molar-refractivity contribution in [3.8, 4) is 0 Å². The standard InChI is InChI=1S/C15H18FN5O2/c1-23-8-10-6-11(16)2-4-13(10)20-15(22)19-12-3-5-14-17-9-18-21(14)7-12/h2,4,6,9,12H,3,5,7-8H2,1H3,(H2,19,20,22)/t12-/m1/s1. The summed E-state index contributed by atoms with van der Waals surface area (Å²) in [5.41, 5.74) is 1.12. The maximum atomic E-state index is 13.3. The lowest BCUT2D eigenvalue weighted by molar-refractivity contribution is 0.185. The van der Waals surface area contributed by atoms with Crippen molar-refractivity contribution in [3.63, 3.8) is 0 Å². The molecule has 2 heterocycles. The zero-order chi connectivity index (χ0) is 16.2. The number of methoxy groups -OCH3 is 1. The highest BCUT2D eigenvalue weighted by Crippen LogP contribution is 2.18. The number of carbonyl (C=O) groups excluding carboxylic acids is 1. The lowest BCUT2D eigenvalue weighted by atomic mass is 10.1. The highest BCUT2D eigenvalue weighted by Gasteiger charge is 2.21. The van der Waals surface area contributed by atoms with Crippen LogP contribution in [-0.4, -0.2) is 33.9 Å². The van der Waals surface area contributed by atoms with Gasteiger partial charge in [0, 0.05) is 24.8 Å². The monoisotopic (exact) mass is 319 g/mol. The molecule has 1 aliphatic rings. The number of carbonyl (C=O) groups is 1. The van der Waals surface area contributed by atoms with Gasteiger partial charge in [-0.1, -0.05) is 0 Å². The number of hydrogen-bond acceptors (Lipinski definition) is 4. The second-order valence-electron chi connectivity index (χ2n) is 5.43. The minimum Gasteiger partial charge on any atom is -0.380 e. The van der Waals surface area contributed by atoms with Gasteiger partial charge in [-0.25, -0.2) is 18.9 Å². The second kappa shape index (κ2) is 6.74. The van der Waals surface area contributed by atoms with Crippen molar-refractivity contribution in [2.24, 2.45) is 0 Å². The molecule has 0 fully saturated rings. The summed E-state index contributed by atoms with van der Waals surface area (Å²) in [4.78, 5) is 16.3. The number of halogens is 1. The Labute approximate surface area is 132 Å². The van der Waals surface area contributed by atoms with E-state index in [1.165, 1.54) is 31.6 Å². The van der Waals surface area contributed by atoms with Gasteiger partial charge in [0.15, 0.2) is 0 Å². The van der Waals surface area contributed by atoms with Crippen LogP contribution in [0.25, 0.3) is 0 Å². The molecule has 1 aromatic carbocycles. The molecule has 23 heavy (non-hydrogen) atoms. The number of benzene rings is 1. The molecule has 0 saturated heterocycles. The van der Waals surface area contributed by atoms with E-state index >= 15 is 0 Å². The maximum absolute atomic E-state index is 13.3. The SMILES string of the molecule is COCc1cc(F)ccc1NC(=O)N[C@@H]1CCc2ncnn2C1. The van der Waals surface area contributed by atoms with E-state index in [1.807, 2.05) is 0 Å². The number of nitrogens with zero attached hydrogens (tertiary/aromatic N) is 3. The van der Waals surface area contributed by atoms with Crippen molar-refractivity contribution in [3.05, 3.63) is 41.7 Å². The molecule has 8 heteroatoms. The van der Waals surface area contributed by atoms with Gasteiger partial charge >= 0.3 is 6.03 Å². The number of aryl methyl sites for hydroxylation is 1. The number of aromatic nitrogens is 3. The smallest absolute Gasteiger partial charge is 0.319 e. The molecule has 0 bridgehead atoms. The zero-order valence-corrected chi connectivity index (χ0v) is 12.8. The van der Waals surface area contributed by atoms with E-state index in [0.29, 0.717) is 17.8 Å². The Kier molecular flexibility index (Phi) is 4.52. The molecule has 2 aromatic rings. The lowest BCUT2D eigenvalue weighted by Gasteiger charge is -2.24. The Balaban J connectivity index is 1.62. The van der Waals surface area contributed by atoms with Crippen LogP contribution in [0.4, 0.5) is 14.9 Å². The highest BCUT2D eigenvalue weighted by atomic mass is 19.1. The minimum absolute atomic E-state index is 0.0180. The first-order valence-electron chi connectivity index (χ1n) is 7.37. The molecule has 0 unspecified atom stereocenters. The molecule has 122 valence electrons. The minimum atomic E-state index is -0.367. The quantitative estimate of drug-likeness (QED) is 0.899. The van der Waals surface area contributed by atoms with Crippen LogP contribution in [0.3, 0.4) is 0 Å². The van der Waals surface area contributed by atoms with Crippen molar-refractivity contribution in [1.82, 2.24) is 20.1 Å². The van der Waals surface area contributed by atoms with Crippen LogP contribution in [0.2, 0.25) is 0 Å². The van der Waals surface area contributed by atoms with E-state index in [-0.39, 0.29) is 24.5 Å². The highest BCUT2D eigenvalue weighted by molar-refractivity contribution is 5.90. The van der Waals surface area contributed by atoms with Crippen LogP contribution in [0, 0.1) is 5.82 Å². The van der Waals surface area contributed by atoms with Crippen LogP contribution in [0.5, 0.6) is 0 Å². The Morgan fingerprint density at radius 2 is 2.39 bits per heavy atom. The summed E-state index contributed by atoms with van der Waals surface area (Å²) in [5.74, 6) is 0.568. The molecule has 1 aliphatic heterocycles. The van der Waals surface area contributed by atoms with Crippen molar-refractivity contribution in [2.45, 2.75) is 32.0 Å². The number of anilines is 1. The molecule has 1 aromatic heterocycles. The fourth-order valence-electron chi connectivity index (χ4n) is 2.66. The summed E-state index contributed by atoms with van der Waals surface area (Å²) in [7, 11) is 1.52. The predicted molar refractivity (Wildman–Crippen MR) is 81.4 cm³/mol. The van der Waals surface area contributed by atoms with Gasteiger partial charge in [-0.05, 0) is 24.6 Å². The molecule has 3 rings (SSSR count). The molecule has 1 atom stereocenters. The van der Waals surface area contributed by atoms with E-state index < -0.39 is 0 Å². The van der Waals surface area contributed by atoms with Crippen LogP contribution >= 0.6 is 0 Å². The molecule has 0 saturated carbocycles. The van der Waals surface area contributed by atoms with Crippen LogP contribution < -0.4 is 10.6 Å². The zero-order valence-electron chi connectivity index (χ0n) is 12.8. The maximum Gasteiger partial charge on any atom is 0.319 e. The van der Waals surface area contributed by atoms with Crippen LogP contribution in [0.15, 0.2) is 24.5 Å². The third-order valence-corrected chi connectivity index (χ3v) is 3.76. The van der Waals surface area contributed by atoms with E-state index in [0.717, 1.165) is 18.7 Å². The van der Waals surface area contributed by atoms with Gasteiger partial charge < -0.3 is 15.4 Å². The van der Waals surface area contributed by atoms with Gasteiger partial charge in [-0.3, -0.25) is 0 Å². The van der Waals surface area contributed by atoms with E-state index in [1.54, 1.807) is 4.68 Å². The van der Waals surface area contributed by atoms with E-state index in [2.05, 4.69) is 20.7 Å². The lowest BCUT2D eigenvalue weighted by Crippen LogP contribution is -2.43. The fourth-order valence-corrected chi connectivity index (χ4v) is 2.66. The van der Waals surface area contributed by atoms with E-state index in [9.17, 15) is 9.18 Å². The third kappa shape index (κ3) is 3.65. The van der Waals surface area contributed by atoms with Crippen LogP contribution in [0.1, 0.15) is 17.8 Å². The number of ether oxygens (including phenoxy) is 1. The van der Waals surface area contributed by atoms with Crippen LogP contribution in [-0.2, 0) is 24.3 Å². The van der Waals surface area contributed by atoms with Gasteiger partial charge in [0.1, 0.15) is 18.0 Å². The van der Waals surface area contributed by atoms with E-state index in [4.69, 9.17) is 4.74 Å². The second-order valence-corrected chi connectivity index (χ2v) is 5.43. The van der Waals surface area contributed by atoms with Crippen molar-refractivity contribution >= 4 is 11.7 Å². The summed E-state index contributed by atoms with van der Waals surface area (Å²) in [6, 6.07) is 3.83. The Morgan fingerprint density at radius 3 is 3.22 bits per heavy atom. The largest absolute Gasteiger partial charge is 0.380 e. The van der Waals surface area contributed by atoms with Crippen molar-refractivity contribution in [1.29, 1.82) is 0 Å². The summed E-state index contributed by atoms with van der Waals surface area (Å²) < 4.78 is 20.1. The summed E-state index contributed by atoms with van der Waals surface area (Å²) in [6.07, 6.45) is 3.10. The van der Waals surface area contributed by atoms with Gasteiger partial charge in [-0.2, -0.15) is 5.10 Å². The summed E-state index contributed by atoms with van der Waals surface area (Å²) in [6.45, 7) is 0.816. The Morgan fingerprint density at radius 1 is 1.52 bits per heavy atom. The Bertz CT molecular complexity index is 703. The molecule has 2 N–H and O–H groups in total. The molecule has 0 spiro atoms. The number of urea groups is 1. The molecular formula is C15H18FN5O2. The van der Waals surface area contributed by atoms with Crippen molar-refractivity contribution in [2.75, 3.05) is 12.4 Å². The molecule has 0 radical (unpaired) electrons. The first-order chi connectivity index (χ1) is 11.2. The number of amides is 2.